The highest BCUT2D eigenvalue weighted by molar-refractivity contribution is 9.10. The summed E-state index contributed by atoms with van der Waals surface area (Å²) in [7, 11) is 0. The monoisotopic (exact) mass is 296 g/mol. The van der Waals surface area contributed by atoms with Crippen LogP contribution in [0.4, 0.5) is 0 Å². The molecule has 2 aromatic heterocycles. The number of halogens is 1. The minimum Gasteiger partial charge on any atom is -0.288 e. The van der Waals surface area contributed by atoms with Crippen molar-refractivity contribution >= 4 is 33.0 Å². The largest absolute Gasteiger partial charge is 0.288 e. The molecule has 0 bridgehead atoms. The van der Waals surface area contributed by atoms with Gasteiger partial charge in [-0.1, -0.05) is 0 Å². The fourth-order valence-electron chi connectivity index (χ4n) is 1.37. The third kappa shape index (κ3) is 2.05. The van der Waals surface area contributed by atoms with E-state index in [2.05, 4.69) is 26.1 Å². The minimum atomic E-state index is -0.0105. The Kier molecular flexibility index (Phi) is 3.16. The second-order valence-corrected chi connectivity index (χ2v) is 5.05. The maximum absolute atomic E-state index is 12.2. The summed E-state index contributed by atoms with van der Waals surface area (Å²) in [4.78, 5) is 12.2. The summed E-state index contributed by atoms with van der Waals surface area (Å²) in [6.45, 7) is 3.62. The Balaban J connectivity index is 2.49. The molecule has 0 aromatic carbocycles. The predicted octanol–water partition coefficient (Wildman–Crippen LogP) is 3.15. The molecule has 2 rings (SSSR count). The van der Waals surface area contributed by atoms with Crippen molar-refractivity contribution in [1.29, 1.82) is 0 Å². The number of hydrogen-bond donors (Lipinski definition) is 0. The van der Waals surface area contributed by atoms with E-state index in [9.17, 15) is 4.79 Å². The van der Waals surface area contributed by atoms with Gasteiger partial charge in [-0.05, 0) is 35.8 Å². The number of nitrogens with zero attached hydrogens (tertiary/aromatic N) is 2. The van der Waals surface area contributed by atoms with E-state index in [0.29, 0.717) is 16.8 Å². The predicted molar refractivity (Wildman–Crippen MR) is 67.0 cm³/mol. The molecule has 0 fully saturated rings. The third-order valence-corrected chi connectivity index (χ3v) is 3.91. The first kappa shape index (κ1) is 11.4. The summed E-state index contributed by atoms with van der Waals surface area (Å²) in [6, 6.07) is 1.77. The lowest BCUT2D eigenvalue weighted by atomic mass is 10.1. The molecule has 0 aliphatic carbocycles. The van der Waals surface area contributed by atoms with Crippen molar-refractivity contribution < 1.29 is 4.79 Å². The second kappa shape index (κ2) is 4.43. The normalized spacial score (nSPS) is 10.4. The highest BCUT2D eigenvalue weighted by Gasteiger charge is 2.16. The highest BCUT2D eigenvalue weighted by Crippen LogP contribution is 2.24. The van der Waals surface area contributed by atoms with Crippen molar-refractivity contribution in [2.24, 2.45) is 0 Å². The van der Waals surface area contributed by atoms with Crippen molar-refractivity contribution in [1.82, 2.24) is 10.2 Å². The van der Waals surface area contributed by atoms with Gasteiger partial charge in [0.25, 0.3) is 0 Å². The number of aryl methyl sites for hydroxylation is 2. The number of aromatic nitrogens is 2. The van der Waals surface area contributed by atoms with E-state index in [-0.39, 0.29) is 5.78 Å². The van der Waals surface area contributed by atoms with E-state index in [4.69, 9.17) is 0 Å². The van der Waals surface area contributed by atoms with Gasteiger partial charge in [-0.15, -0.1) is 0 Å². The van der Waals surface area contributed by atoms with Crippen LogP contribution >= 0.6 is 27.3 Å². The van der Waals surface area contributed by atoms with E-state index in [0.717, 1.165) is 10.2 Å². The molecule has 0 aliphatic rings. The van der Waals surface area contributed by atoms with E-state index in [1.54, 1.807) is 13.0 Å². The van der Waals surface area contributed by atoms with Crippen LogP contribution in [0.25, 0.3) is 0 Å². The van der Waals surface area contributed by atoms with Gasteiger partial charge in [-0.2, -0.15) is 21.5 Å². The maximum atomic E-state index is 12.2. The van der Waals surface area contributed by atoms with E-state index in [1.165, 1.54) is 11.3 Å². The fraction of sp³-hybridized carbons (Fsp3) is 0.182. The lowest BCUT2D eigenvalue weighted by Crippen LogP contribution is -2.06. The molecule has 0 aliphatic heterocycles. The van der Waals surface area contributed by atoms with Crippen molar-refractivity contribution in [3.8, 4) is 0 Å². The smallest absolute Gasteiger partial charge is 0.196 e. The van der Waals surface area contributed by atoms with Crippen LogP contribution in [0.15, 0.2) is 21.3 Å². The zero-order chi connectivity index (χ0) is 11.7. The van der Waals surface area contributed by atoms with Crippen molar-refractivity contribution in [2.45, 2.75) is 13.8 Å². The lowest BCUT2D eigenvalue weighted by molar-refractivity contribution is 0.103. The first-order valence-electron chi connectivity index (χ1n) is 4.67. The standard InChI is InChI=1S/C11H9BrN2OS/c1-6-3-8(7(2)14-13-6)11(15)9-4-16-5-10(9)12/h3-5H,1-2H3. The Morgan fingerprint density at radius 3 is 2.62 bits per heavy atom. The Morgan fingerprint density at radius 2 is 2.00 bits per heavy atom. The van der Waals surface area contributed by atoms with Crippen LogP contribution in [0.2, 0.25) is 0 Å². The summed E-state index contributed by atoms with van der Waals surface area (Å²) >= 11 is 4.86. The molecule has 16 heavy (non-hydrogen) atoms. The average Bonchev–Trinajstić information content (AvgIpc) is 2.67. The van der Waals surface area contributed by atoms with Gasteiger partial charge in [-0.25, -0.2) is 0 Å². The van der Waals surface area contributed by atoms with Gasteiger partial charge in [0.05, 0.1) is 11.4 Å². The molecule has 82 valence electrons. The number of carbonyl (C=O) groups excluding carboxylic acids is 1. The van der Waals surface area contributed by atoms with E-state index >= 15 is 0 Å². The quantitative estimate of drug-likeness (QED) is 0.800. The molecule has 0 saturated carbocycles. The lowest BCUT2D eigenvalue weighted by Gasteiger charge is -2.03. The maximum Gasteiger partial charge on any atom is 0.196 e. The molecule has 0 amide bonds. The number of carbonyl (C=O) groups is 1. The van der Waals surface area contributed by atoms with Crippen LogP contribution in [-0.4, -0.2) is 16.0 Å². The summed E-state index contributed by atoms with van der Waals surface area (Å²) in [5.74, 6) is -0.0105. The third-order valence-electron chi connectivity index (χ3n) is 2.20. The molecule has 0 unspecified atom stereocenters. The van der Waals surface area contributed by atoms with Crippen LogP contribution in [0.1, 0.15) is 27.3 Å². The summed E-state index contributed by atoms with van der Waals surface area (Å²) in [6.07, 6.45) is 0. The Bertz CT molecular complexity index is 551. The molecule has 3 nitrogen and oxygen atoms in total. The van der Waals surface area contributed by atoms with E-state index < -0.39 is 0 Å². The van der Waals surface area contributed by atoms with Gasteiger partial charge >= 0.3 is 0 Å². The summed E-state index contributed by atoms with van der Waals surface area (Å²) in [5, 5.41) is 11.6. The number of thiophene rings is 1. The van der Waals surface area contributed by atoms with Gasteiger partial charge in [0.2, 0.25) is 0 Å². The number of hydrogen-bond acceptors (Lipinski definition) is 4. The Labute approximate surface area is 106 Å². The molecular formula is C11H9BrN2OS. The molecular weight excluding hydrogens is 288 g/mol. The van der Waals surface area contributed by atoms with Crippen LogP contribution in [0, 0.1) is 13.8 Å². The van der Waals surface area contributed by atoms with Gasteiger partial charge < -0.3 is 0 Å². The van der Waals surface area contributed by atoms with Crippen LogP contribution in [0.5, 0.6) is 0 Å². The summed E-state index contributed by atoms with van der Waals surface area (Å²) in [5.41, 5.74) is 2.71. The molecule has 0 saturated heterocycles. The first-order chi connectivity index (χ1) is 7.59. The Hall–Kier alpha value is -1.07. The first-order valence-corrected chi connectivity index (χ1v) is 6.40. The van der Waals surface area contributed by atoms with Crippen LogP contribution < -0.4 is 0 Å². The molecule has 0 atom stereocenters. The number of ketones is 1. The van der Waals surface area contributed by atoms with Crippen molar-refractivity contribution in [2.75, 3.05) is 0 Å². The fourth-order valence-corrected chi connectivity index (χ4v) is 2.82. The van der Waals surface area contributed by atoms with Gasteiger partial charge in [0.1, 0.15) is 0 Å². The molecule has 0 spiro atoms. The molecule has 0 radical (unpaired) electrons. The molecule has 2 aromatic rings. The van der Waals surface area contributed by atoms with Gasteiger partial charge in [0, 0.05) is 26.4 Å². The van der Waals surface area contributed by atoms with Gasteiger partial charge in [0.15, 0.2) is 5.78 Å². The second-order valence-electron chi connectivity index (χ2n) is 3.45. The minimum absolute atomic E-state index is 0.0105. The molecule has 2 heterocycles. The summed E-state index contributed by atoms with van der Waals surface area (Å²) < 4.78 is 0.830. The van der Waals surface area contributed by atoms with Crippen molar-refractivity contribution in [3.05, 3.63) is 43.8 Å². The van der Waals surface area contributed by atoms with Gasteiger partial charge in [-0.3, -0.25) is 4.79 Å². The Morgan fingerprint density at radius 1 is 1.25 bits per heavy atom. The van der Waals surface area contributed by atoms with Crippen LogP contribution in [-0.2, 0) is 0 Å². The topological polar surface area (TPSA) is 42.9 Å². The highest BCUT2D eigenvalue weighted by atomic mass is 79.9. The SMILES string of the molecule is Cc1cc(C(=O)c2cscc2Br)c(C)nn1. The molecule has 5 heteroatoms. The average molecular weight is 297 g/mol. The van der Waals surface area contributed by atoms with Crippen molar-refractivity contribution in [3.63, 3.8) is 0 Å². The van der Waals surface area contributed by atoms with Crippen LogP contribution in [0.3, 0.4) is 0 Å². The molecule has 0 N–H and O–H groups in total. The zero-order valence-corrected chi connectivity index (χ0v) is 11.2. The number of rotatable bonds is 2. The zero-order valence-electron chi connectivity index (χ0n) is 8.82. The van der Waals surface area contributed by atoms with E-state index in [1.807, 2.05) is 17.7 Å².